The lowest BCUT2D eigenvalue weighted by atomic mass is 10.0. The van der Waals surface area contributed by atoms with Gasteiger partial charge >= 0.3 is 0 Å². The van der Waals surface area contributed by atoms with E-state index in [0.29, 0.717) is 5.39 Å². The Balaban J connectivity index is 1.93. The first-order valence-electron chi connectivity index (χ1n) is 7.26. The molecule has 4 aromatic rings. The molecule has 0 spiro atoms. The first kappa shape index (κ1) is 13.4. The highest BCUT2D eigenvalue weighted by Gasteiger charge is 2.12. The predicted molar refractivity (Wildman–Crippen MR) is 91.3 cm³/mol. The van der Waals surface area contributed by atoms with Gasteiger partial charge in [0.1, 0.15) is 0 Å². The van der Waals surface area contributed by atoms with Gasteiger partial charge in [-0.05, 0) is 23.6 Å². The Morgan fingerprint density at radius 2 is 1.61 bits per heavy atom. The number of rotatable bonds is 2. The molecule has 1 aromatic heterocycles. The van der Waals surface area contributed by atoms with Crippen molar-refractivity contribution in [3.05, 3.63) is 82.9 Å². The van der Waals surface area contributed by atoms with Gasteiger partial charge in [0.2, 0.25) is 0 Å². The Kier molecular flexibility index (Phi) is 3.01. The van der Waals surface area contributed by atoms with E-state index in [9.17, 15) is 10.1 Å². The van der Waals surface area contributed by atoms with Crippen molar-refractivity contribution in [2.75, 3.05) is 0 Å². The zero-order valence-corrected chi connectivity index (χ0v) is 12.1. The fourth-order valence-electron chi connectivity index (χ4n) is 2.80. The van der Waals surface area contributed by atoms with Crippen molar-refractivity contribution >= 4 is 27.4 Å². The van der Waals surface area contributed by atoms with Crippen LogP contribution in [0.1, 0.15) is 0 Å². The summed E-state index contributed by atoms with van der Waals surface area (Å²) in [6.07, 6.45) is 0. The molecule has 3 aromatic carbocycles. The number of fused-ring (bicyclic) bond motifs is 2. The summed E-state index contributed by atoms with van der Waals surface area (Å²) >= 11 is 0. The first-order valence-corrected chi connectivity index (χ1v) is 7.26. The molecule has 0 fully saturated rings. The number of para-hydroxylation sites is 1. The molecule has 23 heavy (non-hydrogen) atoms. The topological polar surface area (TPSA) is 56.0 Å². The number of non-ortho nitro benzene ring substituents is 1. The Morgan fingerprint density at radius 1 is 0.826 bits per heavy atom. The monoisotopic (exact) mass is 300 g/mol. The SMILES string of the molecule is O=[N+]([O-])c1cccc2ccc(-c3ccc4ccccc4n3)cc12. The average molecular weight is 300 g/mol. The standard InChI is InChI=1S/C19H12N2O2/c22-21(23)19-7-3-5-13-8-9-15(12-16(13)19)18-11-10-14-4-1-2-6-17(14)20-18/h1-12H. The van der Waals surface area contributed by atoms with Gasteiger partial charge in [0.15, 0.2) is 0 Å². The van der Waals surface area contributed by atoms with Crippen molar-refractivity contribution in [2.45, 2.75) is 0 Å². The van der Waals surface area contributed by atoms with Gasteiger partial charge in [0.25, 0.3) is 5.69 Å². The van der Waals surface area contributed by atoms with Crippen LogP contribution in [0.25, 0.3) is 32.9 Å². The van der Waals surface area contributed by atoms with Gasteiger partial charge in [-0.15, -0.1) is 0 Å². The van der Waals surface area contributed by atoms with Gasteiger partial charge in [0.05, 0.1) is 21.5 Å². The number of nitro groups is 1. The summed E-state index contributed by atoms with van der Waals surface area (Å²) in [5.41, 5.74) is 2.71. The summed E-state index contributed by atoms with van der Waals surface area (Å²) in [7, 11) is 0. The maximum Gasteiger partial charge on any atom is 0.277 e. The van der Waals surface area contributed by atoms with Crippen LogP contribution in [0.4, 0.5) is 5.69 Å². The van der Waals surface area contributed by atoms with E-state index in [1.54, 1.807) is 6.07 Å². The summed E-state index contributed by atoms with van der Waals surface area (Å²) in [5, 5.41) is 13.8. The van der Waals surface area contributed by atoms with E-state index in [0.717, 1.165) is 27.5 Å². The van der Waals surface area contributed by atoms with Crippen molar-refractivity contribution in [1.82, 2.24) is 4.98 Å². The number of nitro benzene ring substituents is 1. The summed E-state index contributed by atoms with van der Waals surface area (Å²) in [6, 6.07) is 22.6. The lowest BCUT2D eigenvalue weighted by molar-refractivity contribution is -0.383. The molecule has 0 radical (unpaired) electrons. The van der Waals surface area contributed by atoms with E-state index >= 15 is 0 Å². The van der Waals surface area contributed by atoms with E-state index in [1.807, 2.05) is 60.7 Å². The minimum atomic E-state index is -0.347. The Bertz CT molecular complexity index is 1060. The van der Waals surface area contributed by atoms with Crippen LogP contribution in [0.2, 0.25) is 0 Å². The molecule has 4 rings (SSSR count). The number of nitrogens with zero attached hydrogens (tertiary/aromatic N) is 2. The molecule has 1 heterocycles. The highest BCUT2D eigenvalue weighted by molar-refractivity contribution is 5.94. The van der Waals surface area contributed by atoms with E-state index in [4.69, 9.17) is 0 Å². The molecular formula is C19H12N2O2. The molecule has 0 aliphatic carbocycles. The first-order chi connectivity index (χ1) is 11.2. The normalized spacial score (nSPS) is 11.0. The zero-order valence-electron chi connectivity index (χ0n) is 12.1. The lowest BCUT2D eigenvalue weighted by Gasteiger charge is -2.05. The van der Waals surface area contributed by atoms with Crippen LogP contribution < -0.4 is 0 Å². The second-order valence-corrected chi connectivity index (χ2v) is 5.36. The molecule has 0 aliphatic rings. The fourth-order valence-corrected chi connectivity index (χ4v) is 2.80. The van der Waals surface area contributed by atoms with Crippen LogP contribution in [0, 0.1) is 10.1 Å². The maximum absolute atomic E-state index is 11.2. The molecule has 0 saturated carbocycles. The summed E-state index contributed by atoms with van der Waals surface area (Å²) in [6.45, 7) is 0. The van der Waals surface area contributed by atoms with Crippen LogP contribution in [-0.2, 0) is 0 Å². The number of hydrogen-bond donors (Lipinski definition) is 0. The van der Waals surface area contributed by atoms with Crippen molar-refractivity contribution in [3.63, 3.8) is 0 Å². The largest absolute Gasteiger partial charge is 0.277 e. The van der Waals surface area contributed by atoms with Crippen molar-refractivity contribution in [2.24, 2.45) is 0 Å². The lowest BCUT2D eigenvalue weighted by Crippen LogP contribution is -1.90. The third-order valence-corrected chi connectivity index (χ3v) is 3.95. The molecule has 4 nitrogen and oxygen atoms in total. The molecule has 0 N–H and O–H groups in total. The molecule has 0 amide bonds. The molecule has 0 bridgehead atoms. The van der Waals surface area contributed by atoms with Crippen LogP contribution in [-0.4, -0.2) is 9.91 Å². The minimum absolute atomic E-state index is 0.116. The highest BCUT2D eigenvalue weighted by Crippen LogP contribution is 2.30. The Hall–Kier alpha value is -3.27. The van der Waals surface area contributed by atoms with Crippen LogP contribution in [0.15, 0.2) is 72.8 Å². The molecule has 110 valence electrons. The molecule has 0 saturated heterocycles. The van der Waals surface area contributed by atoms with E-state index in [-0.39, 0.29) is 10.6 Å². The van der Waals surface area contributed by atoms with Gasteiger partial charge < -0.3 is 0 Å². The van der Waals surface area contributed by atoms with Crippen molar-refractivity contribution < 1.29 is 4.92 Å². The van der Waals surface area contributed by atoms with E-state index in [1.165, 1.54) is 6.07 Å². The zero-order chi connectivity index (χ0) is 15.8. The van der Waals surface area contributed by atoms with E-state index in [2.05, 4.69) is 4.98 Å². The Morgan fingerprint density at radius 3 is 2.48 bits per heavy atom. The van der Waals surface area contributed by atoms with Crippen LogP contribution in [0.3, 0.4) is 0 Å². The van der Waals surface area contributed by atoms with Crippen LogP contribution in [0.5, 0.6) is 0 Å². The quantitative estimate of drug-likeness (QED) is 0.388. The second-order valence-electron chi connectivity index (χ2n) is 5.36. The maximum atomic E-state index is 11.2. The third kappa shape index (κ3) is 2.30. The second kappa shape index (κ2) is 5.18. The molecular weight excluding hydrogens is 288 g/mol. The number of aromatic nitrogens is 1. The molecule has 4 heteroatoms. The van der Waals surface area contributed by atoms with Crippen molar-refractivity contribution in [3.8, 4) is 11.3 Å². The summed E-state index contributed by atoms with van der Waals surface area (Å²) in [5.74, 6) is 0. The average Bonchev–Trinajstić information content (AvgIpc) is 2.60. The van der Waals surface area contributed by atoms with Gasteiger partial charge in [0, 0.05) is 17.0 Å². The summed E-state index contributed by atoms with van der Waals surface area (Å²) in [4.78, 5) is 15.5. The fraction of sp³-hybridized carbons (Fsp3) is 0. The van der Waals surface area contributed by atoms with Gasteiger partial charge in [-0.2, -0.15) is 0 Å². The van der Waals surface area contributed by atoms with Gasteiger partial charge in [-0.3, -0.25) is 10.1 Å². The molecule has 0 aliphatic heterocycles. The number of pyridine rings is 1. The summed E-state index contributed by atoms with van der Waals surface area (Å²) < 4.78 is 0. The number of benzene rings is 3. The Labute approximate surface area is 132 Å². The number of hydrogen-bond acceptors (Lipinski definition) is 3. The van der Waals surface area contributed by atoms with Crippen molar-refractivity contribution in [1.29, 1.82) is 0 Å². The third-order valence-electron chi connectivity index (χ3n) is 3.95. The smallest absolute Gasteiger partial charge is 0.258 e. The van der Waals surface area contributed by atoms with Crippen LogP contribution >= 0.6 is 0 Å². The highest BCUT2D eigenvalue weighted by atomic mass is 16.6. The minimum Gasteiger partial charge on any atom is -0.258 e. The predicted octanol–water partition coefficient (Wildman–Crippen LogP) is 4.96. The van der Waals surface area contributed by atoms with Gasteiger partial charge in [-0.1, -0.05) is 48.5 Å². The molecule has 0 atom stereocenters. The van der Waals surface area contributed by atoms with E-state index < -0.39 is 0 Å². The molecule has 0 unspecified atom stereocenters. The van der Waals surface area contributed by atoms with Gasteiger partial charge in [-0.25, -0.2) is 4.98 Å².